The highest BCUT2D eigenvalue weighted by Gasteiger charge is 2.52. The molecule has 4 rings (SSSR count). The Morgan fingerprint density at radius 1 is 1.15 bits per heavy atom. The molecule has 0 saturated carbocycles. The van der Waals surface area contributed by atoms with Crippen LogP contribution in [0.4, 0.5) is 0 Å². The van der Waals surface area contributed by atoms with Crippen molar-refractivity contribution >= 4 is 17.8 Å². The molecule has 1 amide bonds. The van der Waals surface area contributed by atoms with E-state index >= 15 is 0 Å². The molecule has 1 aromatic rings. The lowest BCUT2D eigenvalue weighted by atomic mass is 10.0. The van der Waals surface area contributed by atoms with Crippen molar-refractivity contribution in [2.24, 2.45) is 0 Å². The number of fused-ring (bicyclic) bond motifs is 1. The number of carbonyl (C=O) groups excluding carboxylic acids is 3. The summed E-state index contributed by atoms with van der Waals surface area (Å²) < 4.78 is 22.0. The van der Waals surface area contributed by atoms with E-state index in [1.165, 1.54) is 4.90 Å². The van der Waals surface area contributed by atoms with Gasteiger partial charge in [-0.3, -0.25) is 14.9 Å². The number of likely N-dealkylation sites (tertiary alicyclic amines) is 1. The summed E-state index contributed by atoms with van der Waals surface area (Å²) in [6, 6.07) is 7.48. The summed E-state index contributed by atoms with van der Waals surface area (Å²) in [5, 5.41) is 12.9. The maximum absolute atomic E-state index is 13.4. The minimum atomic E-state index is -0.898. The van der Waals surface area contributed by atoms with Crippen LogP contribution in [-0.4, -0.2) is 96.7 Å². The Hall–Kier alpha value is -3.29. The summed E-state index contributed by atoms with van der Waals surface area (Å²) in [6.07, 6.45) is -0.927. The first-order chi connectivity index (χ1) is 18.8. The summed E-state index contributed by atoms with van der Waals surface area (Å²) >= 11 is 0. The van der Waals surface area contributed by atoms with Crippen molar-refractivity contribution < 1.29 is 43.3 Å². The lowest BCUT2D eigenvalue weighted by Crippen LogP contribution is -2.54. The number of hydrogen-bond donors (Lipinski definition) is 1. The van der Waals surface area contributed by atoms with Crippen LogP contribution in [0.25, 0.3) is 0 Å². The van der Waals surface area contributed by atoms with Gasteiger partial charge in [0.05, 0.1) is 25.9 Å². The maximum atomic E-state index is 13.4. The number of hydrogen-bond acceptors (Lipinski definition) is 11. The minimum Gasteiger partial charge on any atom is -0.465 e. The average Bonchev–Trinajstić information content (AvgIpc) is 3.65. The highest BCUT2D eigenvalue weighted by molar-refractivity contribution is 5.88. The summed E-state index contributed by atoms with van der Waals surface area (Å²) in [5.41, 5.74) is 1.07. The molecule has 3 fully saturated rings. The SMILES string of the molecule is CCOC(=O)[C@H](CCc1ccccc1)N[C@@H](C)C(=O)N1CCC[C@H]1C(=O)O[C@H]1COC2C1OC[C@H]2O[N+](=O)[O-]. The van der Waals surface area contributed by atoms with Gasteiger partial charge >= 0.3 is 11.9 Å². The van der Waals surface area contributed by atoms with E-state index in [1.807, 2.05) is 30.3 Å². The third-order valence-corrected chi connectivity index (χ3v) is 7.22. The minimum absolute atomic E-state index is 0.0138. The summed E-state index contributed by atoms with van der Waals surface area (Å²) in [7, 11) is 0. The standard InChI is InChI=1S/C26H35N3O10/c1-3-35-25(31)18(12-11-17-8-5-4-6-9-17)27-16(2)24(30)28-13-7-10-19(28)26(32)38-20-14-36-23-21(39-29(33)34)15-37-22(20)23/h4-6,8-9,16,18-23,27H,3,7,10-15H2,1-2H3/t16-,18-,19-,20-,21+,22?,23?/m0/s1. The Morgan fingerprint density at radius 2 is 1.85 bits per heavy atom. The molecule has 2 unspecified atom stereocenters. The lowest BCUT2D eigenvalue weighted by Gasteiger charge is -2.29. The van der Waals surface area contributed by atoms with Crippen molar-refractivity contribution in [3.63, 3.8) is 0 Å². The quantitative estimate of drug-likeness (QED) is 0.224. The van der Waals surface area contributed by atoms with Crippen LogP contribution >= 0.6 is 0 Å². The molecule has 0 bridgehead atoms. The van der Waals surface area contributed by atoms with Crippen molar-refractivity contribution in [3.8, 4) is 0 Å². The molecule has 13 nitrogen and oxygen atoms in total. The van der Waals surface area contributed by atoms with Crippen molar-refractivity contribution in [2.45, 2.75) is 82.1 Å². The van der Waals surface area contributed by atoms with Gasteiger partial charge in [0, 0.05) is 6.54 Å². The van der Waals surface area contributed by atoms with Crippen LogP contribution < -0.4 is 5.32 Å². The number of nitrogens with zero attached hydrogens (tertiary/aromatic N) is 2. The molecule has 1 aromatic carbocycles. The van der Waals surface area contributed by atoms with Crippen LogP contribution in [0, 0.1) is 10.1 Å². The number of esters is 2. The lowest BCUT2D eigenvalue weighted by molar-refractivity contribution is -0.769. The van der Waals surface area contributed by atoms with Gasteiger partial charge in [0.15, 0.2) is 12.2 Å². The van der Waals surface area contributed by atoms with Gasteiger partial charge in [-0.1, -0.05) is 30.3 Å². The molecule has 0 aromatic heterocycles. The van der Waals surface area contributed by atoms with Crippen LogP contribution in [0.5, 0.6) is 0 Å². The second-order valence-corrected chi connectivity index (χ2v) is 9.85. The molecule has 13 heteroatoms. The van der Waals surface area contributed by atoms with Gasteiger partial charge in [-0.05, 0) is 45.1 Å². The predicted molar refractivity (Wildman–Crippen MR) is 134 cm³/mol. The third kappa shape index (κ3) is 7.02. The predicted octanol–water partition coefficient (Wildman–Crippen LogP) is 0.806. The summed E-state index contributed by atoms with van der Waals surface area (Å²) in [5.74, 6) is -1.34. The molecule has 7 atom stereocenters. The number of amides is 1. The summed E-state index contributed by atoms with van der Waals surface area (Å²) in [4.78, 5) is 55.9. The molecule has 1 N–H and O–H groups in total. The fourth-order valence-corrected chi connectivity index (χ4v) is 5.32. The number of carbonyl (C=O) groups is 3. The Bertz CT molecular complexity index is 1020. The largest absolute Gasteiger partial charge is 0.465 e. The van der Waals surface area contributed by atoms with Gasteiger partial charge in [0.2, 0.25) is 5.91 Å². The average molecular weight is 550 g/mol. The molecule has 3 aliphatic rings. The van der Waals surface area contributed by atoms with Crippen molar-refractivity contribution in [1.82, 2.24) is 10.2 Å². The highest BCUT2D eigenvalue weighted by atomic mass is 17.0. The van der Waals surface area contributed by atoms with Gasteiger partial charge in [-0.2, -0.15) is 0 Å². The normalized spacial score (nSPS) is 27.4. The second-order valence-electron chi connectivity index (χ2n) is 9.85. The van der Waals surface area contributed by atoms with Crippen molar-refractivity contribution in [1.29, 1.82) is 0 Å². The van der Waals surface area contributed by atoms with Crippen LogP contribution in [0.2, 0.25) is 0 Å². The van der Waals surface area contributed by atoms with Gasteiger partial charge in [-0.15, -0.1) is 10.1 Å². The van der Waals surface area contributed by atoms with Crippen LogP contribution in [0.15, 0.2) is 30.3 Å². The van der Waals surface area contributed by atoms with E-state index < -0.39 is 59.6 Å². The van der Waals surface area contributed by atoms with E-state index in [0.29, 0.717) is 32.2 Å². The molecule has 0 aliphatic carbocycles. The topological polar surface area (TPSA) is 156 Å². The Balaban J connectivity index is 1.33. The number of aryl methyl sites for hydroxylation is 1. The van der Waals surface area contributed by atoms with Crippen LogP contribution in [-0.2, 0) is 44.6 Å². The van der Waals surface area contributed by atoms with Gasteiger partial charge in [0.25, 0.3) is 5.09 Å². The van der Waals surface area contributed by atoms with E-state index in [1.54, 1.807) is 13.8 Å². The van der Waals surface area contributed by atoms with Crippen LogP contribution in [0.1, 0.15) is 38.7 Å². The zero-order valence-electron chi connectivity index (χ0n) is 22.1. The van der Waals surface area contributed by atoms with E-state index in [9.17, 15) is 24.5 Å². The van der Waals surface area contributed by atoms with Gasteiger partial charge < -0.3 is 28.7 Å². The molecule has 3 saturated heterocycles. The van der Waals surface area contributed by atoms with Gasteiger partial charge in [0.1, 0.15) is 24.3 Å². The Morgan fingerprint density at radius 3 is 2.54 bits per heavy atom. The van der Waals surface area contributed by atoms with Gasteiger partial charge in [-0.25, -0.2) is 4.79 Å². The number of rotatable bonds is 12. The highest BCUT2D eigenvalue weighted by Crippen LogP contribution is 2.31. The monoisotopic (exact) mass is 549 g/mol. The summed E-state index contributed by atoms with van der Waals surface area (Å²) in [6.45, 7) is 3.95. The first-order valence-electron chi connectivity index (χ1n) is 13.3. The van der Waals surface area contributed by atoms with E-state index in [-0.39, 0.29) is 25.7 Å². The fraction of sp³-hybridized carbons (Fsp3) is 0.654. The van der Waals surface area contributed by atoms with Crippen LogP contribution in [0.3, 0.4) is 0 Å². The molecule has 0 spiro atoms. The Labute approximate surface area is 226 Å². The number of benzene rings is 1. The third-order valence-electron chi connectivity index (χ3n) is 7.22. The second kappa shape index (κ2) is 13.2. The van der Waals surface area contributed by atoms with E-state index in [0.717, 1.165) is 5.56 Å². The van der Waals surface area contributed by atoms with E-state index in [4.69, 9.17) is 18.9 Å². The Kier molecular flexibility index (Phi) is 9.70. The zero-order valence-corrected chi connectivity index (χ0v) is 22.1. The molecule has 3 aliphatic heterocycles. The molecular formula is C26H35N3O10. The molecule has 3 heterocycles. The molecule has 0 radical (unpaired) electrons. The zero-order chi connectivity index (χ0) is 27.9. The molecular weight excluding hydrogens is 514 g/mol. The van der Waals surface area contributed by atoms with E-state index in [2.05, 4.69) is 10.2 Å². The number of ether oxygens (including phenoxy) is 4. The molecule has 39 heavy (non-hydrogen) atoms. The first-order valence-corrected chi connectivity index (χ1v) is 13.3. The van der Waals surface area contributed by atoms with Crippen molar-refractivity contribution in [3.05, 3.63) is 46.0 Å². The van der Waals surface area contributed by atoms with Crippen molar-refractivity contribution in [2.75, 3.05) is 26.4 Å². The maximum Gasteiger partial charge on any atom is 0.329 e. The molecule has 214 valence electrons. The number of nitrogens with one attached hydrogen (secondary N) is 1. The fourth-order valence-electron chi connectivity index (χ4n) is 5.32. The first kappa shape index (κ1) is 28.7. The smallest absolute Gasteiger partial charge is 0.329 e.